The Bertz CT molecular complexity index is 608. The zero-order valence-corrected chi connectivity index (χ0v) is 10.8. The smallest absolute Gasteiger partial charge is 0.337 e. The zero-order valence-electron chi connectivity index (χ0n) is 10.8. The number of benzene rings is 2. The first kappa shape index (κ1) is 13.0. The van der Waals surface area contributed by atoms with Crippen molar-refractivity contribution in [3.05, 3.63) is 48.0 Å². The number of nitrogens with two attached hydrogens (primary N) is 1. The molecule has 0 heterocycles. The fourth-order valence-corrected chi connectivity index (χ4v) is 1.86. The maximum Gasteiger partial charge on any atom is 0.337 e. The second kappa shape index (κ2) is 5.44. The first-order valence-electron chi connectivity index (χ1n) is 5.77. The standard InChI is InChI=1S/C15H15NO3/c1-18-14-5-3-4-10(9-14)11-6-12(15(17)19-2)8-13(16)7-11/h3-9H,16H2,1-2H3. The molecule has 0 saturated heterocycles. The number of hydrogen-bond acceptors (Lipinski definition) is 4. The Labute approximate surface area is 111 Å². The molecule has 0 unspecified atom stereocenters. The molecular weight excluding hydrogens is 242 g/mol. The number of carbonyl (C=O) groups is 1. The average Bonchev–Trinajstić information content (AvgIpc) is 2.45. The van der Waals surface area contributed by atoms with Crippen LogP contribution in [-0.2, 0) is 4.74 Å². The molecule has 0 aliphatic carbocycles. The minimum absolute atomic E-state index is 0.406. The Balaban J connectivity index is 2.49. The normalized spacial score (nSPS) is 10.0. The lowest BCUT2D eigenvalue weighted by atomic mass is 10.0. The Morgan fingerprint density at radius 1 is 1.05 bits per heavy atom. The molecule has 0 aromatic heterocycles. The van der Waals surface area contributed by atoms with E-state index >= 15 is 0 Å². The fourth-order valence-electron chi connectivity index (χ4n) is 1.86. The van der Waals surface area contributed by atoms with Crippen LogP contribution in [0.2, 0.25) is 0 Å². The number of esters is 1. The molecule has 2 rings (SSSR count). The van der Waals surface area contributed by atoms with E-state index in [9.17, 15) is 4.79 Å². The van der Waals surface area contributed by atoms with Crippen molar-refractivity contribution < 1.29 is 14.3 Å². The van der Waals surface area contributed by atoms with E-state index < -0.39 is 5.97 Å². The second-order valence-electron chi connectivity index (χ2n) is 4.07. The van der Waals surface area contributed by atoms with Crippen LogP contribution in [0.15, 0.2) is 42.5 Å². The number of nitrogen functional groups attached to an aromatic ring is 1. The predicted octanol–water partition coefficient (Wildman–Crippen LogP) is 2.73. The molecule has 0 aliphatic heterocycles. The van der Waals surface area contributed by atoms with E-state index in [0.29, 0.717) is 11.3 Å². The van der Waals surface area contributed by atoms with Gasteiger partial charge in [0.15, 0.2) is 0 Å². The molecule has 19 heavy (non-hydrogen) atoms. The highest BCUT2D eigenvalue weighted by Gasteiger charge is 2.09. The lowest BCUT2D eigenvalue weighted by Crippen LogP contribution is -2.02. The monoisotopic (exact) mass is 257 g/mol. The SMILES string of the molecule is COC(=O)c1cc(N)cc(-c2cccc(OC)c2)c1. The summed E-state index contributed by atoms with van der Waals surface area (Å²) in [6.45, 7) is 0. The molecule has 0 saturated carbocycles. The van der Waals surface area contributed by atoms with Gasteiger partial charge in [0.2, 0.25) is 0 Å². The number of methoxy groups -OCH3 is 2. The van der Waals surface area contributed by atoms with Crippen LogP contribution in [0.3, 0.4) is 0 Å². The van der Waals surface area contributed by atoms with Gasteiger partial charge in [0, 0.05) is 5.69 Å². The van der Waals surface area contributed by atoms with Gasteiger partial charge in [0.25, 0.3) is 0 Å². The lowest BCUT2D eigenvalue weighted by molar-refractivity contribution is 0.0601. The third-order valence-electron chi connectivity index (χ3n) is 2.78. The van der Waals surface area contributed by atoms with Crippen molar-refractivity contribution in [3.8, 4) is 16.9 Å². The molecule has 2 aromatic rings. The summed E-state index contributed by atoms with van der Waals surface area (Å²) in [5.41, 5.74) is 8.54. The van der Waals surface area contributed by atoms with Crippen LogP contribution in [0, 0.1) is 0 Å². The summed E-state index contributed by atoms with van der Waals surface area (Å²) in [7, 11) is 2.95. The van der Waals surface area contributed by atoms with Gasteiger partial charge in [0.1, 0.15) is 5.75 Å². The first-order valence-corrected chi connectivity index (χ1v) is 5.77. The van der Waals surface area contributed by atoms with Gasteiger partial charge in [-0.05, 0) is 41.5 Å². The number of carbonyl (C=O) groups excluding carboxylic acids is 1. The van der Waals surface area contributed by atoms with E-state index in [-0.39, 0.29) is 0 Å². The van der Waals surface area contributed by atoms with E-state index in [0.717, 1.165) is 16.9 Å². The summed E-state index contributed by atoms with van der Waals surface area (Å²) in [5.74, 6) is 0.344. The first-order chi connectivity index (χ1) is 9.13. The maximum atomic E-state index is 11.6. The van der Waals surface area contributed by atoms with Crippen molar-refractivity contribution in [1.29, 1.82) is 0 Å². The molecule has 0 amide bonds. The van der Waals surface area contributed by atoms with Gasteiger partial charge >= 0.3 is 5.97 Å². The molecule has 0 bridgehead atoms. The van der Waals surface area contributed by atoms with Crippen molar-refractivity contribution >= 4 is 11.7 Å². The number of anilines is 1. The van der Waals surface area contributed by atoms with E-state index in [4.69, 9.17) is 15.2 Å². The summed E-state index contributed by atoms with van der Waals surface area (Å²) >= 11 is 0. The largest absolute Gasteiger partial charge is 0.497 e. The van der Waals surface area contributed by atoms with E-state index in [1.54, 1.807) is 25.3 Å². The third-order valence-corrected chi connectivity index (χ3v) is 2.78. The summed E-state index contributed by atoms with van der Waals surface area (Å²) in [6.07, 6.45) is 0. The van der Waals surface area contributed by atoms with Gasteiger partial charge in [-0.2, -0.15) is 0 Å². The number of hydrogen-bond donors (Lipinski definition) is 1. The highest BCUT2D eigenvalue weighted by molar-refractivity contribution is 5.92. The molecule has 0 spiro atoms. The Morgan fingerprint density at radius 2 is 1.84 bits per heavy atom. The van der Waals surface area contributed by atoms with E-state index in [1.165, 1.54) is 7.11 Å². The van der Waals surface area contributed by atoms with Gasteiger partial charge in [-0.15, -0.1) is 0 Å². The summed E-state index contributed by atoms with van der Waals surface area (Å²) < 4.78 is 9.89. The molecule has 2 N–H and O–H groups in total. The average molecular weight is 257 g/mol. The van der Waals surface area contributed by atoms with Crippen LogP contribution in [-0.4, -0.2) is 20.2 Å². The van der Waals surface area contributed by atoms with Crippen LogP contribution in [0.4, 0.5) is 5.69 Å². The molecule has 0 radical (unpaired) electrons. The fraction of sp³-hybridized carbons (Fsp3) is 0.133. The highest BCUT2D eigenvalue weighted by Crippen LogP contribution is 2.26. The van der Waals surface area contributed by atoms with Crippen molar-refractivity contribution in [1.82, 2.24) is 0 Å². The molecule has 0 atom stereocenters. The second-order valence-corrected chi connectivity index (χ2v) is 4.07. The van der Waals surface area contributed by atoms with Gasteiger partial charge < -0.3 is 15.2 Å². The summed E-state index contributed by atoms with van der Waals surface area (Å²) in [6, 6.07) is 12.7. The molecule has 4 nitrogen and oxygen atoms in total. The Hall–Kier alpha value is -2.49. The van der Waals surface area contributed by atoms with Gasteiger partial charge in [-0.25, -0.2) is 4.79 Å². The van der Waals surface area contributed by atoms with Crippen LogP contribution in [0.25, 0.3) is 11.1 Å². The highest BCUT2D eigenvalue weighted by atomic mass is 16.5. The van der Waals surface area contributed by atoms with Crippen LogP contribution < -0.4 is 10.5 Å². The van der Waals surface area contributed by atoms with Gasteiger partial charge in [0.05, 0.1) is 19.8 Å². The molecule has 0 aliphatic rings. The van der Waals surface area contributed by atoms with E-state index in [1.807, 2.05) is 24.3 Å². The van der Waals surface area contributed by atoms with E-state index in [2.05, 4.69) is 0 Å². The molecule has 4 heteroatoms. The van der Waals surface area contributed by atoms with Crippen LogP contribution in [0.5, 0.6) is 5.75 Å². The Morgan fingerprint density at radius 3 is 2.53 bits per heavy atom. The minimum Gasteiger partial charge on any atom is -0.497 e. The summed E-state index contributed by atoms with van der Waals surface area (Å²) in [5, 5.41) is 0. The molecule has 98 valence electrons. The molecule has 2 aromatic carbocycles. The topological polar surface area (TPSA) is 61.5 Å². The van der Waals surface area contributed by atoms with Crippen molar-refractivity contribution in [2.75, 3.05) is 20.0 Å². The summed E-state index contributed by atoms with van der Waals surface area (Å²) in [4.78, 5) is 11.6. The Kier molecular flexibility index (Phi) is 3.71. The van der Waals surface area contributed by atoms with Gasteiger partial charge in [-0.1, -0.05) is 12.1 Å². The van der Waals surface area contributed by atoms with Crippen LogP contribution in [0.1, 0.15) is 10.4 Å². The van der Waals surface area contributed by atoms with Crippen LogP contribution >= 0.6 is 0 Å². The maximum absolute atomic E-state index is 11.6. The minimum atomic E-state index is -0.406. The zero-order chi connectivity index (χ0) is 13.8. The quantitative estimate of drug-likeness (QED) is 0.678. The third kappa shape index (κ3) is 2.85. The molecule has 0 fully saturated rings. The molecular formula is C15H15NO3. The van der Waals surface area contributed by atoms with Crippen molar-refractivity contribution in [3.63, 3.8) is 0 Å². The predicted molar refractivity (Wildman–Crippen MR) is 74.2 cm³/mol. The van der Waals surface area contributed by atoms with Crippen molar-refractivity contribution in [2.45, 2.75) is 0 Å². The lowest BCUT2D eigenvalue weighted by Gasteiger charge is -2.08. The van der Waals surface area contributed by atoms with Gasteiger partial charge in [-0.3, -0.25) is 0 Å². The number of rotatable bonds is 3. The number of ether oxygens (including phenoxy) is 2. The van der Waals surface area contributed by atoms with Crippen molar-refractivity contribution in [2.24, 2.45) is 0 Å².